The van der Waals surface area contributed by atoms with Crippen molar-refractivity contribution >= 4 is 28.6 Å². The first kappa shape index (κ1) is 27.2. The lowest BCUT2D eigenvalue weighted by molar-refractivity contribution is 0.357. The number of anilines is 1. The maximum absolute atomic E-state index is 11.6. The van der Waals surface area contributed by atoms with Crippen molar-refractivity contribution in [1.82, 2.24) is 34.8 Å². The largest absolute Gasteiger partial charge is 0.439 e. The van der Waals surface area contributed by atoms with Crippen LogP contribution in [-0.2, 0) is 7.05 Å². The molecule has 0 aromatic carbocycles. The van der Waals surface area contributed by atoms with Crippen molar-refractivity contribution in [2.75, 3.05) is 11.4 Å². The molecular formula is C29H33ClN8O3. The van der Waals surface area contributed by atoms with E-state index in [9.17, 15) is 4.79 Å². The van der Waals surface area contributed by atoms with Crippen molar-refractivity contribution in [2.24, 2.45) is 13.0 Å². The molecule has 5 aromatic rings. The van der Waals surface area contributed by atoms with Gasteiger partial charge in [-0.25, -0.2) is 14.8 Å². The number of aromatic amines is 1. The number of nitrogens with zero attached hydrogens (tertiary/aromatic N) is 7. The summed E-state index contributed by atoms with van der Waals surface area (Å²) in [5.41, 5.74) is 4.07. The molecule has 2 fully saturated rings. The Bertz CT molecular complexity index is 1710. The SMILES string of the molecule is CC1CCCCC1.Cc1cc(C2CCCN2c2nc3cc(-c4noc(=O)[nH]4)nc(-c4cncc(Cl)c4)c3n2C)on1. The molecule has 11 nitrogen and oxygen atoms in total. The summed E-state index contributed by atoms with van der Waals surface area (Å²) in [6.07, 6.45) is 12.6. The first-order chi connectivity index (χ1) is 19.9. The van der Waals surface area contributed by atoms with Crippen LogP contribution < -0.4 is 10.7 Å². The Morgan fingerprint density at radius 2 is 1.83 bits per heavy atom. The van der Waals surface area contributed by atoms with Gasteiger partial charge in [0.25, 0.3) is 0 Å². The van der Waals surface area contributed by atoms with E-state index in [2.05, 4.69) is 36.6 Å². The molecule has 0 amide bonds. The average molecular weight is 577 g/mol. The van der Waals surface area contributed by atoms with E-state index in [0.717, 1.165) is 48.2 Å². The van der Waals surface area contributed by atoms with Crippen LogP contribution in [0, 0.1) is 12.8 Å². The summed E-state index contributed by atoms with van der Waals surface area (Å²) < 4.78 is 12.3. The Kier molecular flexibility index (Phi) is 7.61. The highest BCUT2D eigenvalue weighted by Gasteiger charge is 2.33. The van der Waals surface area contributed by atoms with Gasteiger partial charge in [-0.1, -0.05) is 60.9 Å². The van der Waals surface area contributed by atoms with Gasteiger partial charge in [0.2, 0.25) is 11.8 Å². The fraction of sp³-hybridized carbons (Fsp3) is 0.448. The van der Waals surface area contributed by atoms with Crippen LogP contribution in [0.15, 0.2) is 44.4 Å². The summed E-state index contributed by atoms with van der Waals surface area (Å²) in [6, 6.07) is 5.56. The Labute approximate surface area is 241 Å². The van der Waals surface area contributed by atoms with Crippen LogP contribution in [0.25, 0.3) is 33.8 Å². The number of aryl methyl sites for hydroxylation is 2. The third kappa shape index (κ3) is 5.63. The molecule has 41 heavy (non-hydrogen) atoms. The Morgan fingerprint density at radius 3 is 2.49 bits per heavy atom. The van der Waals surface area contributed by atoms with Crippen LogP contribution in [-0.4, -0.2) is 41.4 Å². The van der Waals surface area contributed by atoms with Gasteiger partial charge in [-0.2, -0.15) is 0 Å². The number of fused-ring (bicyclic) bond motifs is 1. The quantitative estimate of drug-likeness (QED) is 0.263. The summed E-state index contributed by atoms with van der Waals surface area (Å²) in [4.78, 5) is 30.3. The van der Waals surface area contributed by atoms with Crippen LogP contribution in [0.4, 0.5) is 5.95 Å². The molecule has 0 bridgehead atoms. The average Bonchev–Trinajstić information content (AvgIpc) is 3.76. The van der Waals surface area contributed by atoms with E-state index >= 15 is 0 Å². The van der Waals surface area contributed by atoms with Gasteiger partial charge in [0.05, 0.1) is 33.5 Å². The first-order valence-electron chi connectivity index (χ1n) is 14.1. The zero-order valence-corrected chi connectivity index (χ0v) is 24.2. The minimum Gasteiger partial charge on any atom is -0.359 e. The predicted octanol–water partition coefficient (Wildman–Crippen LogP) is 6.25. The van der Waals surface area contributed by atoms with Crippen LogP contribution >= 0.6 is 11.6 Å². The lowest BCUT2D eigenvalue weighted by atomic mass is 9.91. The van der Waals surface area contributed by atoms with Crippen molar-refractivity contribution in [3.05, 3.63) is 57.6 Å². The molecule has 1 saturated heterocycles. The molecule has 1 N–H and O–H groups in total. The first-order valence-corrected chi connectivity index (χ1v) is 14.5. The van der Waals surface area contributed by atoms with Gasteiger partial charge in [-0.15, -0.1) is 0 Å². The summed E-state index contributed by atoms with van der Waals surface area (Å²) in [5, 5.41) is 8.34. The van der Waals surface area contributed by atoms with Crippen LogP contribution in [0.3, 0.4) is 0 Å². The van der Waals surface area contributed by atoms with Crippen molar-refractivity contribution in [3.63, 3.8) is 0 Å². The molecule has 1 atom stereocenters. The second-order valence-corrected chi connectivity index (χ2v) is 11.4. The van der Waals surface area contributed by atoms with E-state index in [1.807, 2.05) is 24.6 Å². The fourth-order valence-electron chi connectivity index (χ4n) is 5.83. The molecule has 5 aromatic heterocycles. The lowest BCUT2D eigenvalue weighted by Gasteiger charge is -2.23. The van der Waals surface area contributed by atoms with Gasteiger partial charge in [-0.05, 0) is 37.8 Å². The highest BCUT2D eigenvalue weighted by Crippen LogP contribution is 2.39. The number of hydrogen-bond donors (Lipinski definition) is 1. The molecule has 6 heterocycles. The molecular weight excluding hydrogens is 544 g/mol. The van der Waals surface area contributed by atoms with Crippen LogP contribution in [0.1, 0.15) is 69.4 Å². The zero-order chi connectivity index (χ0) is 28.5. The summed E-state index contributed by atoms with van der Waals surface area (Å²) >= 11 is 6.23. The highest BCUT2D eigenvalue weighted by atomic mass is 35.5. The third-order valence-corrected chi connectivity index (χ3v) is 8.07. The maximum Gasteiger partial charge on any atom is 0.439 e. The molecule has 214 valence electrons. The Balaban J connectivity index is 0.000000380. The van der Waals surface area contributed by atoms with E-state index in [1.165, 1.54) is 32.1 Å². The van der Waals surface area contributed by atoms with Crippen LogP contribution in [0.5, 0.6) is 0 Å². The fourth-order valence-corrected chi connectivity index (χ4v) is 6.01. The van der Waals surface area contributed by atoms with Gasteiger partial charge in [0.1, 0.15) is 5.69 Å². The number of H-pyrrole nitrogens is 1. The van der Waals surface area contributed by atoms with Crippen molar-refractivity contribution in [3.8, 4) is 22.8 Å². The predicted molar refractivity (Wildman–Crippen MR) is 156 cm³/mol. The Morgan fingerprint density at radius 1 is 1.00 bits per heavy atom. The number of nitrogens with one attached hydrogen (secondary N) is 1. The van der Waals surface area contributed by atoms with E-state index in [4.69, 9.17) is 26.1 Å². The number of rotatable bonds is 4. The maximum atomic E-state index is 11.6. The summed E-state index contributed by atoms with van der Waals surface area (Å²) in [6.45, 7) is 5.10. The van der Waals surface area contributed by atoms with E-state index in [-0.39, 0.29) is 11.9 Å². The number of pyridine rings is 2. The monoisotopic (exact) mass is 576 g/mol. The van der Waals surface area contributed by atoms with E-state index in [1.54, 1.807) is 24.5 Å². The van der Waals surface area contributed by atoms with Gasteiger partial charge >= 0.3 is 5.76 Å². The Hall–Kier alpha value is -3.99. The number of imidazole rings is 1. The molecule has 1 aliphatic carbocycles. The third-order valence-electron chi connectivity index (χ3n) is 7.87. The summed E-state index contributed by atoms with van der Waals surface area (Å²) in [7, 11) is 1.95. The van der Waals surface area contributed by atoms with E-state index in [0.29, 0.717) is 27.5 Å². The highest BCUT2D eigenvalue weighted by molar-refractivity contribution is 6.30. The minimum absolute atomic E-state index is 0.0346. The standard InChI is InChI=1S/C22H19ClN8O3.C7H14/c1-11-6-17(33-28-11)16-4-3-5-31(16)21-26-14-8-15(20-27-22(32)34-29-20)25-18(19(14)30(21)2)12-7-13(23)10-24-9-12;1-7-5-3-2-4-6-7/h6-10,16H,3-5H2,1-2H3,(H,27,29,32);7H,2-6H2,1H3. The molecule has 0 spiro atoms. The number of aromatic nitrogens is 7. The molecule has 1 unspecified atom stereocenters. The zero-order valence-electron chi connectivity index (χ0n) is 23.4. The van der Waals surface area contributed by atoms with Crippen molar-refractivity contribution in [1.29, 1.82) is 0 Å². The molecule has 1 aliphatic heterocycles. The van der Waals surface area contributed by atoms with Gasteiger partial charge in [0.15, 0.2) is 5.76 Å². The van der Waals surface area contributed by atoms with Crippen LogP contribution in [0.2, 0.25) is 5.02 Å². The number of halogens is 1. The molecule has 1 saturated carbocycles. The smallest absolute Gasteiger partial charge is 0.359 e. The molecule has 12 heteroatoms. The second-order valence-electron chi connectivity index (χ2n) is 11.0. The van der Waals surface area contributed by atoms with Crippen molar-refractivity contribution < 1.29 is 9.05 Å². The van der Waals surface area contributed by atoms with Gasteiger partial charge in [-0.3, -0.25) is 14.5 Å². The van der Waals surface area contributed by atoms with Crippen molar-refractivity contribution in [2.45, 2.75) is 64.8 Å². The second kappa shape index (κ2) is 11.5. The summed E-state index contributed by atoms with van der Waals surface area (Å²) in [5.74, 6) is 2.18. The molecule has 7 rings (SSSR count). The van der Waals surface area contributed by atoms with Gasteiger partial charge in [0, 0.05) is 37.6 Å². The minimum atomic E-state index is -0.660. The normalized spacial score (nSPS) is 17.7. The number of hydrogen-bond acceptors (Lipinski definition) is 9. The molecule has 0 radical (unpaired) electrons. The lowest BCUT2D eigenvalue weighted by Crippen LogP contribution is -2.25. The molecule has 2 aliphatic rings. The van der Waals surface area contributed by atoms with E-state index < -0.39 is 5.76 Å². The van der Waals surface area contributed by atoms with Gasteiger partial charge < -0.3 is 14.0 Å². The topological polar surface area (TPSA) is 132 Å².